The highest BCUT2D eigenvalue weighted by molar-refractivity contribution is 6.33. The number of nitrogen functional groups attached to an aromatic ring is 1. The third-order valence-corrected chi connectivity index (χ3v) is 2.53. The number of rotatable bonds is 4. The molecule has 0 aliphatic heterocycles. The quantitative estimate of drug-likeness (QED) is 0.777. The number of nitrogens with zero attached hydrogens (tertiary/aromatic N) is 1. The lowest BCUT2D eigenvalue weighted by Gasteiger charge is -2.20. The molecule has 1 rings (SSSR count). The minimum Gasteiger partial charge on any atom is -0.399 e. The van der Waals surface area contributed by atoms with Crippen molar-refractivity contribution in [3.05, 3.63) is 23.2 Å². The molecule has 0 radical (unpaired) electrons. The van der Waals surface area contributed by atoms with Crippen LogP contribution in [-0.2, 0) is 0 Å². The molecule has 2 nitrogen and oxygen atoms in total. The lowest BCUT2D eigenvalue weighted by atomic mass is 10.2. The summed E-state index contributed by atoms with van der Waals surface area (Å²) in [6.07, 6.45) is 2.37. The highest BCUT2D eigenvalue weighted by Gasteiger charge is 2.05. The molecule has 0 unspecified atom stereocenters. The van der Waals surface area contributed by atoms with Gasteiger partial charge < -0.3 is 10.6 Å². The van der Waals surface area contributed by atoms with Gasteiger partial charge in [0.05, 0.1) is 10.7 Å². The lowest BCUT2D eigenvalue weighted by Crippen LogP contribution is -2.18. The molecule has 0 saturated heterocycles. The zero-order valence-corrected chi connectivity index (χ0v) is 9.51. The Kier molecular flexibility index (Phi) is 4.08. The van der Waals surface area contributed by atoms with E-state index in [-0.39, 0.29) is 0 Å². The van der Waals surface area contributed by atoms with E-state index in [1.165, 1.54) is 12.8 Å². The summed E-state index contributed by atoms with van der Waals surface area (Å²) in [4.78, 5) is 2.16. The molecule has 0 saturated carbocycles. The van der Waals surface area contributed by atoms with E-state index in [9.17, 15) is 0 Å². The van der Waals surface area contributed by atoms with E-state index in [4.69, 9.17) is 17.3 Å². The number of unbranched alkanes of at least 4 members (excludes halogenated alkanes) is 1. The van der Waals surface area contributed by atoms with Gasteiger partial charge in [-0.1, -0.05) is 24.9 Å². The van der Waals surface area contributed by atoms with Crippen LogP contribution in [0, 0.1) is 0 Å². The second-order valence-corrected chi connectivity index (χ2v) is 3.89. The van der Waals surface area contributed by atoms with Crippen molar-refractivity contribution in [2.75, 3.05) is 24.2 Å². The van der Waals surface area contributed by atoms with E-state index in [1.54, 1.807) is 6.07 Å². The van der Waals surface area contributed by atoms with E-state index < -0.39 is 0 Å². The fourth-order valence-corrected chi connectivity index (χ4v) is 1.68. The van der Waals surface area contributed by atoms with Crippen molar-refractivity contribution in [1.82, 2.24) is 0 Å². The zero-order chi connectivity index (χ0) is 10.6. The molecule has 0 amide bonds. The third kappa shape index (κ3) is 2.81. The third-order valence-electron chi connectivity index (χ3n) is 2.23. The molecule has 1 aromatic rings. The maximum atomic E-state index is 6.08. The number of anilines is 2. The van der Waals surface area contributed by atoms with Gasteiger partial charge in [0.15, 0.2) is 0 Å². The van der Waals surface area contributed by atoms with Crippen LogP contribution in [-0.4, -0.2) is 13.6 Å². The molecule has 0 aromatic heterocycles. The number of nitrogens with two attached hydrogens (primary N) is 1. The number of halogens is 1. The van der Waals surface area contributed by atoms with E-state index in [0.717, 1.165) is 17.3 Å². The zero-order valence-electron chi connectivity index (χ0n) is 8.76. The standard InChI is InChI=1S/C11H17ClN2/c1-3-4-7-14(2)11-6-5-9(13)8-10(11)12/h5-6,8H,3-4,7,13H2,1-2H3. The van der Waals surface area contributed by atoms with Crippen LogP contribution in [0.5, 0.6) is 0 Å². The van der Waals surface area contributed by atoms with Crippen molar-refractivity contribution >= 4 is 23.0 Å². The monoisotopic (exact) mass is 212 g/mol. The Morgan fingerprint density at radius 1 is 1.43 bits per heavy atom. The van der Waals surface area contributed by atoms with Crippen LogP contribution in [0.3, 0.4) is 0 Å². The van der Waals surface area contributed by atoms with Gasteiger partial charge in [-0.3, -0.25) is 0 Å². The molecule has 14 heavy (non-hydrogen) atoms. The Bertz CT molecular complexity index is 299. The molecule has 0 aliphatic carbocycles. The van der Waals surface area contributed by atoms with Crippen molar-refractivity contribution in [2.45, 2.75) is 19.8 Å². The Labute approximate surface area is 90.7 Å². The van der Waals surface area contributed by atoms with E-state index >= 15 is 0 Å². The van der Waals surface area contributed by atoms with Gasteiger partial charge in [-0.15, -0.1) is 0 Å². The molecule has 2 N–H and O–H groups in total. The van der Waals surface area contributed by atoms with Gasteiger partial charge in [0, 0.05) is 19.3 Å². The molecule has 0 heterocycles. The molecular formula is C11H17ClN2. The normalized spacial score (nSPS) is 10.2. The highest BCUT2D eigenvalue weighted by Crippen LogP contribution is 2.26. The van der Waals surface area contributed by atoms with Crippen LogP contribution in [0.1, 0.15) is 19.8 Å². The SMILES string of the molecule is CCCCN(C)c1ccc(N)cc1Cl. The summed E-state index contributed by atoms with van der Waals surface area (Å²) >= 11 is 6.08. The molecule has 0 aliphatic rings. The van der Waals surface area contributed by atoms with Gasteiger partial charge >= 0.3 is 0 Å². The topological polar surface area (TPSA) is 29.3 Å². The van der Waals surface area contributed by atoms with Crippen molar-refractivity contribution in [2.24, 2.45) is 0 Å². The highest BCUT2D eigenvalue weighted by atomic mass is 35.5. The van der Waals surface area contributed by atoms with E-state index in [0.29, 0.717) is 5.69 Å². The Hall–Kier alpha value is -0.890. The van der Waals surface area contributed by atoms with Crippen LogP contribution in [0.25, 0.3) is 0 Å². The predicted molar refractivity (Wildman–Crippen MR) is 64.0 cm³/mol. The maximum absolute atomic E-state index is 6.08. The summed E-state index contributed by atoms with van der Waals surface area (Å²) in [6, 6.07) is 5.64. The van der Waals surface area contributed by atoms with Crippen molar-refractivity contribution in [3.63, 3.8) is 0 Å². The Morgan fingerprint density at radius 2 is 2.14 bits per heavy atom. The summed E-state index contributed by atoms with van der Waals surface area (Å²) in [5.41, 5.74) is 7.39. The number of hydrogen-bond acceptors (Lipinski definition) is 2. The van der Waals surface area contributed by atoms with Crippen LogP contribution in [0.15, 0.2) is 18.2 Å². The molecule has 0 fully saturated rings. The summed E-state index contributed by atoms with van der Waals surface area (Å²) in [6.45, 7) is 3.21. The second-order valence-electron chi connectivity index (χ2n) is 3.49. The average molecular weight is 213 g/mol. The summed E-state index contributed by atoms with van der Waals surface area (Å²) in [5, 5.41) is 0.726. The van der Waals surface area contributed by atoms with Crippen molar-refractivity contribution in [3.8, 4) is 0 Å². The van der Waals surface area contributed by atoms with Crippen LogP contribution >= 0.6 is 11.6 Å². The molecule has 0 atom stereocenters. The molecule has 0 spiro atoms. The molecule has 78 valence electrons. The minimum atomic E-state index is 0.711. The van der Waals surface area contributed by atoms with Crippen LogP contribution in [0.4, 0.5) is 11.4 Å². The second kappa shape index (κ2) is 5.11. The largest absolute Gasteiger partial charge is 0.399 e. The van der Waals surface area contributed by atoms with Crippen molar-refractivity contribution < 1.29 is 0 Å². The Morgan fingerprint density at radius 3 is 2.71 bits per heavy atom. The van der Waals surface area contributed by atoms with Gasteiger partial charge in [0.1, 0.15) is 0 Å². The fourth-order valence-electron chi connectivity index (χ4n) is 1.35. The summed E-state index contributed by atoms with van der Waals surface area (Å²) in [7, 11) is 2.05. The number of benzene rings is 1. The van der Waals surface area contributed by atoms with Crippen LogP contribution in [0.2, 0.25) is 5.02 Å². The first kappa shape index (κ1) is 11.2. The first-order chi connectivity index (χ1) is 6.65. The van der Waals surface area contributed by atoms with Gasteiger partial charge in [-0.05, 0) is 24.6 Å². The van der Waals surface area contributed by atoms with Gasteiger partial charge in [-0.2, -0.15) is 0 Å². The first-order valence-electron chi connectivity index (χ1n) is 4.91. The molecule has 0 bridgehead atoms. The van der Waals surface area contributed by atoms with E-state index in [2.05, 4.69) is 11.8 Å². The Balaban J connectivity index is 2.74. The van der Waals surface area contributed by atoms with Gasteiger partial charge in [0.25, 0.3) is 0 Å². The van der Waals surface area contributed by atoms with Crippen LogP contribution < -0.4 is 10.6 Å². The lowest BCUT2D eigenvalue weighted by molar-refractivity contribution is 0.767. The van der Waals surface area contributed by atoms with E-state index in [1.807, 2.05) is 19.2 Å². The van der Waals surface area contributed by atoms with Gasteiger partial charge in [-0.25, -0.2) is 0 Å². The summed E-state index contributed by atoms with van der Waals surface area (Å²) < 4.78 is 0. The van der Waals surface area contributed by atoms with Gasteiger partial charge in [0.2, 0.25) is 0 Å². The smallest absolute Gasteiger partial charge is 0.0659 e. The number of hydrogen-bond donors (Lipinski definition) is 1. The minimum absolute atomic E-state index is 0.711. The fraction of sp³-hybridized carbons (Fsp3) is 0.455. The first-order valence-corrected chi connectivity index (χ1v) is 5.29. The maximum Gasteiger partial charge on any atom is 0.0659 e. The summed E-state index contributed by atoms with van der Waals surface area (Å²) in [5.74, 6) is 0. The predicted octanol–water partition coefficient (Wildman–Crippen LogP) is 3.16. The molecule has 3 heteroatoms. The average Bonchev–Trinajstić information content (AvgIpc) is 2.14. The molecule has 1 aromatic carbocycles. The van der Waals surface area contributed by atoms with Crippen molar-refractivity contribution in [1.29, 1.82) is 0 Å². The molecular weight excluding hydrogens is 196 g/mol.